The van der Waals surface area contributed by atoms with Crippen LogP contribution >= 0.6 is 0 Å². The molecule has 0 spiro atoms. The predicted molar refractivity (Wildman–Crippen MR) is 127 cm³/mol. The normalized spacial score (nSPS) is 18.9. The summed E-state index contributed by atoms with van der Waals surface area (Å²) in [5.74, 6) is -2.73. The Labute approximate surface area is 201 Å². The zero-order chi connectivity index (χ0) is 25.8. The third-order valence-corrected chi connectivity index (χ3v) is 5.58. The number of fused-ring (bicyclic) bond motifs is 1. The Bertz CT molecular complexity index is 1120. The van der Waals surface area contributed by atoms with Gasteiger partial charge >= 0.3 is 6.36 Å². The van der Waals surface area contributed by atoms with Crippen LogP contribution in [-0.4, -0.2) is 55.1 Å². The first kappa shape index (κ1) is 25.9. The monoisotopic (exact) mass is 488 g/mol. The van der Waals surface area contributed by atoms with Crippen LogP contribution < -0.4 is 10.1 Å². The number of alkyl halides is 3. The molecule has 186 valence electrons. The number of hydrogen-bond donors (Lipinski definition) is 2. The lowest BCUT2D eigenvalue weighted by atomic mass is 9.76. The fraction of sp³-hybridized carbons (Fsp3) is 0.360. The van der Waals surface area contributed by atoms with Gasteiger partial charge < -0.3 is 25.4 Å². The summed E-state index contributed by atoms with van der Waals surface area (Å²) < 4.78 is 41.9. The lowest BCUT2D eigenvalue weighted by Crippen LogP contribution is -2.56. The summed E-state index contributed by atoms with van der Waals surface area (Å²) in [4.78, 5) is 32.7. The second-order valence-corrected chi connectivity index (χ2v) is 8.62. The molecule has 10 heteroatoms. The van der Waals surface area contributed by atoms with Crippen molar-refractivity contribution in [2.45, 2.75) is 32.2 Å². The van der Waals surface area contributed by atoms with E-state index in [0.29, 0.717) is 17.7 Å². The van der Waals surface area contributed by atoms with Crippen molar-refractivity contribution >= 4 is 29.9 Å². The number of halogens is 3. The lowest BCUT2D eigenvalue weighted by Gasteiger charge is -2.44. The number of aliphatic imine (C=N–C) groups is 1. The molecule has 2 amide bonds. The highest BCUT2D eigenvalue weighted by atomic mass is 19.4. The Balaban J connectivity index is 2.07. The van der Waals surface area contributed by atoms with Crippen molar-refractivity contribution in [3.8, 4) is 5.75 Å². The molecule has 7 nitrogen and oxygen atoms in total. The molecule has 0 saturated heterocycles. The summed E-state index contributed by atoms with van der Waals surface area (Å²) in [7, 11) is 1.54. The maximum absolute atomic E-state index is 13.7. The van der Waals surface area contributed by atoms with E-state index in [2.05, 4.69) is 15.0 Å². The van der Waals surface area contributed by atoms with E-state index in [1.807, 2.05) is 13.8 Å². The van der Waals surface area contributed by atoms with E-state index in [9.17, 15) is 22.8 Å². The number of ether oxygens (including phenoxy) is 1. The van der Waals surface area contributed by atoms with Crippen LogP contribution in [0, 0.1) is 17.2 Å². The van der Waals surface area contributed by atoms with E-state index < -0.39 is 35.9 Å². The molecule has 1 aliphatic heterocycles. The van der Waals surface area contributed by atoms with Crippen LogP contribution in [-0.2, 0) is 4.79 Å². The molecule has 1 aliphatic rings. The standard InChI is InChI=1S/C25H27F3N4O3/c1-15(2)14-32-22(16(12-29)13-30-3)21(19-9-4-5-10-20(19)24(32)34)23(33)31-17-7-6-8-18(11-17)35-25(26,27)28/h4-13,15-16,21-22,29H,14H2,1-3H3,(H,31,33). The van der Waals surface area contributed by atoms with Gasteiger partial charge in [0.1, 0.15) is 5.75 Å². The van der Waals surface area contributed by atoms with Gasteiger partial charge in [-0.3, -0.25) is 9.59 Å². The SMILES string of the molecule is CN=CC(C=N)C1C(C(=O)Nc2cccc(OC(F)(F)F)c2)c2ccccc2C(=O)N1CC(C)C. The van der Waals surface area contributed by atoms with Gasteiger partial charge in [-0.1, -0.05) is 38.1 Å². The molecule has 0 radical (unpaired) electrons. The van der Waals surface area contributed by atoms with Crippen LogP contribution in [0.5, 0.6) is 5.75 Å². The minimum absolute atomic E-state index is 0.0802. The van der Waals surface area contributed by atoms with Gasteiger partial charge in [-0.2, -0.15) is 0 Å². The Morgan fingerprint density at radius 2 is 1.94 bits per heavy atom. The van der Waals surface area contributed by atoms with Crippen molar-refractivity contribution in [3.05, 3.63) is 59.7 Å². The molecule has 1 heterocycles. The van der Waals surface area contributed by atoms with Gasteiger partial charge in [0.05, 0.1) is 17.9 Å². The number of anilines is 1. The third kappa shape index (κ3) is 6.06. The quantitative estimate of drug-likeness (QED) is 0.525. The van der Waals surface area contributed by atoms with Gasteiger partial charge in [0.15, 0.2) is 0 Å². The van der Waals surface area contributed by atoms with Crippen molar-refractivity contribution in [2.24, 2.45) is 16.8 Å². The molecule has 2 aromatic carbocycles. The highest BCUT2D eigenvalue weighted by Gasteiger charge is 2.46. The second-order valence-electron chi connectivity index (χ2n) is 8.62. The van der Waals surface area contributed by atoms with Gasteiger partial charge in [0.2, 0.25) is 5.91 Å². The summed E-state index contributed by atoms with van der Waals surface area (Å²) in [6, 6.07) is 11.0. The second kappa shape index (κ2) is 10.7. The van der Waals surface area contributed by atoms with E-state index >= 15 is 0 Å². The molecule has 3 atom stereocenters. The number of nitrogens with one attached hydrogen (secondary N) is 2. The fourth-order valence-corrected chi connectivity index (χ4v) is 4.33. The van der Waals surface area contributed by atoms with Crippen molar-refractivity contribution in [1.82, 2.24) is 4.90 Å². The fourth-order valence-electron chi connectivity index (χ4n) is 4.33. The Morgan fingerprint density at radius 1 is 1.23 bits per heavy atom. The molecule has 0 aliphatic carbocycles. The largest absolute Gasteiger partial charge is 0.573 e. The van der Waals surface area contributed by atoms with Crippen LogP contribution in [0.3, 0.4) is 0 Å². The molecule has 0 bridgehead atoms. The van der Waals surface area contributed by atoms with E-state index in [0.717, 1.165) is 18.3 Å². The third-order valence-electron chi connectivity index (χ3n) is 5.58. The first-order chi connectivity index (χ1) is 16.6. The highest BCUT2D eigenvalue weighted by molar-refractivity contribution is 6.05. The van der Waals surface area contributed by atoms with Gasteiger partial charge in [-0.05, 0) is 29.7 Å². The first-order valence-electron chi connectivity index (χ1n) is 11.0. The zero-order valence-electron chi connectivity index (χ0n) is 19.5. The van der Waals surface area contributed by atoms with Crippen molar-refractivity contribution in [2.75, 3.05) is 18.9 Å². The first-order valence-corrected chi connectivity index (χ1v) is 11.0. The maximum Gasteiger partial charge on any atom is 0.573 e. The number of hydrogen-bond acceptors (Lipinski definition) is 5. The summed E-state index contributed by atoms with van der Waals surface area (Å²) in [5, 5.41) is 10.7. The van der Waals surface area contributed by atoms with E-state index in [-0.39, 0.29) is 17.5 Å². The molecular weight excluding hydrogens is 461 g/mol. The molecule has 3 unspecified atom stereocenters. The van der Waals surface area contributed by atoms with Gasteiger partial charge in [-0.15, -0.1) is 13.2 Å². The molecule has 0 fully saturated rings. The molecular formula is C25H27F3N4O3. The topological polar surface area (TPSA) is 94.9 Å². The lowest BCUT2D eigenvalue weighted by molar-refractivity contribution is -0.274. The molecule has 2 N–H and O–H groups in total. The summed E-state index contributed by atoms with van der Waals surface area (Å²) in [5.41, 5.74) is 0.964. The van der Waals surface area contributed by atoms with Crippen LogP contribution in [0.25, 0.3) is 0 Å². The number of rotatable bonds is 8. The summed E-state index contributed by atoms with van der Waals surface area (Å²) in [6.45, 7) is 4.23. The average Bonchev–Trinajstić information content (AvgIpc) is 2.78. The van der Waals surface area contributed by atoms with E-state index in [1.165, 1.54) is 18.3 Å². The summed E-state index contributed by atoms with van der Waals surface area (Å²) in [6.07, 6.45) is -2.21. The molecule has 0 saturated carbocycles. The number of carbonyl (C=O) groups excluding carboxylic acids is 2. The molecule has 35 heavy (non-hydrogen) atoms. The number of carbonyl (C=O) groups is 2. The average molecular weight is 489 g/mol. The molecule has 3 rings (SSSR count). The smallest absolute Gasteiger partial charge is 0.406 e. The van der Waals surface area contributed by atoms with Crippen molar-refractivity contribution in [1.29, 1.82) is 5.41 Å². The maximum atomic E-state index is 13.7. The zero-order valence-corrected chi connectivity index (χ0v) is 19.5. The van der Waals surface area contributed by atoms with Crippen LogP contribution in [0.15, 0.2) is 53.5 Å². The van der Waals surface area contributed by atoms with Crippen LogP contribution in [0.4, 0.5) is 18.9 Å². The number of nitrogens with zero attached hydrogens (tertiary/aromatic N) is 2. The minimum atomic E-state index is -4.87. The van der Waals surface area contributed by atoms with Gasteiger partial charge in [-0.25, -0.2) is 0 Å². The Morgan fingerprint density at radius 3 is 2.57 bits per heavy atom. The minimum Gasteiger partial charge on any atom is -0.406 e. The Kier molecular flexibility index (Phi) is 7.93. The van der Waals surface area contributed by atoms with Crippen LogP contribution in [0.2, 0.25) is 0 Å². The Hall–Kier alpha value is -3.69. The predicted octanol–water partition coefficient (Wildman–Crippen LogP) is 4.75. The van der Waals surface area contributed by atoms with E-state index in [1.54, 1.807) is 36.2 Å². The molecule has 0 aromatic heterocycles. The van der Waals surface area contributed by atoms with Gasteiger partial charge in [0.25, 0.3) is 5.91 Å². The van der Waals surface area contributed by atoms with Crippen molar-refractivity contribution in [3.63, 3.8) is 0 Å². The van der Waals surface area contributed by atoms with Crippen molar-refractivity contribution < 1.29 is 27.5 Å². The molecule has 2 aromatic rings. The van der Waals surface area contributed by atoms with E-state index in [4.69, 9.17) is 5.41 Å². The highest BCUT2D eigenvalue weighted by Crippen LogP contribution is 2.38. The summed E-state index contributed by atoms with van der Waals surface area (Å²) >= 11 is 0. The number of amides is 2. The van der Waals surface area contributed by atoms with Crippen LogP contribution in [0.1, 0.15) is 35.7 Å². The number of benzene rings is 2. The van der Waals surface area contributed by atoms with Gasteiger partial charge in [0, 0.05) is 43.3 Å².